The topological polar surface area (TPSA) is 67.6 Å². The van der Waals surface area contributed by atoms with Crippen LogP contribution in [0.15, 0.2) is 72.8 Å². The van der Waals surface area contributed by atoms with E-state index >= 15 is 0 Å². The zero-order valence-corrected chi connectivity index (χ0v) is 23.1. The maximum absolute atomic E-state index is 11.1. The van der Waals surface area contributed by atoms with Crippen LogP contribution in [-0.4, -0.2) is 45.7 Å². The van der Waals surface area contributed by atoms with Crippen LogP contribution in [-0.2, 0) is 24.3 Å². The minimum absolute atomic E-state index is 0.153. The summed E-state index contributed by atoms with van der Waals surface area (Å²) in [6.45, 7) is 2.90. The lowest BCUT2D eigenvalue weighted by atomic mass is 10.0. The molecule has 0 atom stereocenters. The predicted molar refractivity (Wildman–Crippen MR) is 161 cm³/mol. The second kappa shape index (κ2) is 11.2. The summed E-state index contributed by atoms with van der Waals surface area (Å²) in [6, 6.07) is 24.7. The smallest absolute Gasteiger partial charge is 0.304 e. The highest BCUT2D eigenvalue weighted by atomic mass is 35.5. The molecule has 3 heterocycles. The SMILES string of the molecule is COc1ccc2c(c1)c1c(n2Cc2cccc(/C=C/c3ccc4ccc(Cl)cc4n3)c2)CCN(CCC(=O)O)C1. The first-order valence-corrected chi connectivity index (χ1v) is 13.8. The van der Waals surface area contributed by atoms with Crippen molar-refractivity contribution < 1.29 is 14.6 Å². The number of aliphatic carboxylic acids is 1. The summed E-state index contributed by atoms with van der Waals surface area (Å²) in [5, 5.41) is 12.1. The van der Waals surface area contributed by atoms with Gasteiger partial charge in [0.25, 0.3) is 0 Å². The van der Waals surface area contributed by atoms with Crippen molar-refractivity contribution in [2.45, 2.75) is 25.9 Å². The number of carboxylic acid groups (broad SMARTS) is 1. The first-order valence-electron chi connectivity index (χ1n) is 13.4. The Kier molecular flexibility index (Phi) is 7.29. The molecule has 0 aliphatic carbocycles. The van der Waals surface area contributed by atoms with Crippen LogP contribution >= 0.6 is 11.6 Å². The Bertz CT molecular complexity index is 1760. The molecule has 7 heteroatoms. The number of rotatable bonds is 8. The Morgan fingerprint density at radius 2 is 1.95 bits per heavy atom. The molecule has 0 saturated carbocycles. The number of methoxy groups -OCH3 is 1. The van der Waals surface area contributed by atoms with Gasteiger partial charge in [-0.25, -0.2) is 4.98 Å². The van der Waals surface area contributed by atoms with E-state index in [1.165, 1.54) is 27.7 Å². The average molecular weight is 552 g/mol. The van der Waals surface area contributed by atoms with E-state index in [2.05, 4.69) is 58.0 Å². The van der Waals surface area contributed by atoms with Crippen LogP contribution < -0.4 is 4.74 Å². The molecule has 1 aliphatic heterocycles. The van der Waals surface area contributed by atoms with Crippen molar-refractivity contribution in [1.29, 1.82) is 0 Å². The number of hydrogen-bond donors (Lipinski definition) is 1. The van der Waals surface area contributed by atoms with Crippen molar-refractivity contribution in [2.75, 3.05) is 20.2 Å². The van der Waals surface area contributed by atoms with Gasteiger partial charge in [0, 0.05) is 59.6 Å². The molecule has 2 aromatic heterocycles. The Morgan fingerprint density at radius 1 is 1.07 bits per heavy atom. The number of nitrogens with zero attached hydrogens (tertiary/aromatic N) is 3. The molecule has 0 amide bonds. The van der Waals surface area contributed by atoms with Crippen molar-refractivity contribution in [1.82, 2.24) is 14.5 Å². The molecule has 0 radical (unpaired) electrons. The summed E-state index contributed by atoms with van der Waals surface area (Å²) in [5.41, 5.74) is 7.84. The highest BCUT2D eigenvalue weighted by Gasteiger charge is 2.24. The maximum Gasteiger partial charge on any atom is 0.304 e. The number of carboxylic acids is 1. The van der Waals surface area contributed by atoms with Crippen LogP contribution in [0.3, 0.4) is 0 Å². The highest BCUT2D eigenvalue weighted by molar-refractivity contribution is 6.31. The van der Waals surface area contributed by atoms with Crippen molar-refractivity contribution in [2.24, 2.45) is 0 Å². The van der Waals surface area contributed by atoms with Gasteiger partial charge in [-0.3, -0.25) is 9.69 Å². The van der Waals surface area contributed by atoms with Gasteiger partial charge in [0.05, 0.1) is 24.7 Å². The standard InChI is InChI=1S/C33H30ClN3O3/c1-40-27-11-12-31-28(19-27)29-21-36(16-14-33(38)39)15-13-32(29)37(31)20-23-4-2-3-22(17-23)5-9-26-10-7-24-6-8-25(34)18-30(24)35-26/h2-12,17-19H,13-16,20-21H2,1H3,(H,38,39)/b9-5+. The van der Waals surface area contributed by atoms with E-state index < -0.39 is 5.97 Å². The summed E-state index contributed by atoms with van der Waals surface area (Å²) >= 11 is 6.16. The quantitative estimate of drug-likeness (QED) is 0.227. The molecule has 0 bridgehead atoms. The lowest BCUT2D eigenvalue weighted by Gasteiger charge is -2.27. The molecule has 0 unspecified atom stereocenters. The molecular formula is C33H30ClN3O3. The van der Waals surface area contributed by atoms with E-state index in [9.17, 15) is 4.79 Å². The van der Waals surface area contributed by atoms with Gasteiger partial charge in [-0.05, 0) is 65.2 Å². The Hall–Kier alpha value is -4.13. The second-order valence-electron chi connectivity index (χ2n) is 10.2. The summed E-state index contributed by atoms with van der Waals surface area (Å²) in [7, 11) is 1.69. The molecule has 1 N–H and O–H groups in total. The molecule has 202 valence electrons. The van der Waals surface area contributed by atoms with E-state index in [4.69, 9.17) is 26.4 Å². The van der Waals surface area contributed by atoms with Gasteiger partial charge in [-0.15, -0.1) is 0 Å². The average Bonchev–Trinajstić information content (AvgIpc) is 3.26. The molecule has 3 aromatic carbocycles. The van der Waals surface area contributed by atoms with E-state index in [1.54, 1.807) is 7.11 Å². The predicted octanol–water partition coefficient (Wildman–Crippen LogP) is 6.90. The molecule has 0 spiro atoms. The number of carbonyl (C=O) groups is 1. The largest absolute Gasteiger partial charge is 0.497 e. The van der Waals surface area contributed by atoms with Crippen LogP contribution in [0, 0.1) is 0 Å². The van der Waals surface area contributed by atoms with Crippen LogP contribution in [0.5, 0.6) is 5.75 Å². The number of benzene rings is 3. The fourth-order valence-corrected chi connectivity index (χ4v) is 5.76. The second-order valence-corrected chi connectivity index (χ2v) is 10.7. The minimum Gasteiger partial charge on any atom is -0.497 e. The van der Waals surface area contributed by atoms with Crippen molar-refractivity contribution >= 4 is 51.5 Å². The van der Waals surface area contributed by atoms with Gasteiger partial charge in [-0.2, -0.15) is 0 Å². The number of fused-ring (bicyclic) bond motifs is 4. The van der Waals surface area contributed by atoms with Crippen molar-refractivity contribution in [3.8, 4) is 5.75 Å². The molecule has 6 nitrogen and oxygen atoms in total. The van der Waals surface area contributed by atoms with Gasteiger partial charge in [0.15, 0.2) is 0 Å². The first kappa shape index (κ1) is 26.1. The van der Waals surface area contributed by atoms with Crippen LogP contribution in [0.25, 0.3) is 34.0 Å². The van der Waals surface area contributed by atoms with E-state index in [0.717, 1.165) is 54.0 Å². The molecule has 0 fully saturated rings. The third kappa shape index (κ3) is 5.46. The molecular weight excluding hydrogens is 522 g/mol. The maximum atomic E-state index is 11.1. The third-order valence-electron chi connectivity index (χ3n) is 7.60. The van der Waals surface area contributed by atoms with Crippen molar-refractivity contribution in [3.63, 3.8) is 0 Å². The third-order valence-corrected chi connectivity index (χ3v) is 7.83. The summed E-state index contributed by atoms with van der Waals surface area (Å²) < 4.78 is 7.95. The monoisotopic (exact) mass is 551 g/mol. The van der Waals surface area contributed by atoms with E-state index in [1.807, 2.05) is 36.4 Å². The van der Waals surface area contributed by atoms with Gasteiger partial charge in [0.1, 0.15) is 5.75 Å². The van der Waals surface area contributed by atoms with Crippen LogP contribution in [0.4, 0.5) is 0 Å². The zero-order chi connectivity index (χ0) is 27.6. The Balaban J connectivity index is 1.29. The van der Waals surface area contributed by atoms with Crippen molar-refractivity contribution in [3.05, 3.63) is 106 Å². The zero-order valence-electron chi connectivity index (χ0n) is 22.3. The Labute approximate surface area is 238 Å². The van der Waals surface area contributed by atoms with Crippen LogP contribution in [0.2, 0.25) is 5.02 Å². The molecule has 5 aromatic rings. The highest BCUT2D eigenvalue weighted by Crippen LogP contribution is 2.34. The molecule has 6 rings (SSSR count). The number of pyridine rings is 1. The van der Waals surface area contributed by atoms with Crippen LogP contribution in [0.1, 0.15) is 34.5 Å². The summed E-state index contributed by atoms with van der Waals surface area (Å²) in [4.78, 5) is 18.1. The first-order chi connectivity index (χ1) is 19.5. The van der Waals surface area contributed by atoms with Gasteiger partial charge in [-0.1, -0.05) is 48.0 Å². The van der Waals surface area contributed by atoms with Gasteiger partial charge < -0.3 is 14.4 Å². The van der Waals surface area contributed by atoms with Gasteiger partial charge in [0.2, 0.25) is 0 Å². The number of halogens is 1. The summed E-state index contributed by atoms with van der Waals surface area (Å²) in [5.74, 6) is 0.0661. The van der Waals surface area contributed by atoms with E-state index in [0.29, 0.717) is 11.6 Å². The summed E-state index contributed by atoms with van der Waals surface area (Å²) in [6.07, 6.45) is 5.16. The fourth-order valence-electron chi connectivity index (χ4n) is 5.60. The number of ether oxygens (including phenoxy) is 1. The molecule has 40 heavy (non-hydrogen) atoms. The minimum atomic E-state index is -0.760. The fraction of sp³-hybridized carbons (Fsp3) is 0.212. The number of hydrogen-bond acceptors (Lipinski definition) is 4. The molecule has 1 aliphatic rings. The Morgan fingerprint density at radius 3 is 2.80 bits per heavy atom. The number of aromatic nitrogens is 2. The molecule has 0 saturated heterocycles. The lowest BCUT2D eigenvalue weighted by molar-refractivity contribution is -0.137. The van der Waals surface area contributed by atoms with E-state index in [-0.39, 0.29) is 6.42 Å². The van der Waals surface area contributed by atoms with Gasteiger partial charge >= 0.3 is 5.97 Å². The normalized spacial score (nSPS) is 13.8. The lowest BCUT2D eigenvalue weighted by Crippen LogP contribution is -2.32.